The lowest BCUT2D eigenvalue weighted by Crippen LogP contribution is -2.21. The summed E-state index contributed by atoms with van der Waals surface area (Å²) in [4.78, 5) is 24.8. The molecule has 0 aliphatic heterocycles. The third-order valence-corrected chi connectivity index (χ3v) is 5.27. The molecule has 0 atom stereocenters. The highest BCUT2D eigenvalue weighted by Gasteiger charge is 2.27. The Hall–Kier alpha value is -3.57. The molecule has 0 spiro atoms. The molecule has 154 valence electrons. The summed E-state index contributed by atoms with van der Waals surface area (Å²) in [7, 11) is -3.84. The molecule has 0 unspecified atom stereocenters. The largest absolute Gasteiger partial charge is 0.461 e. The maximum absolute atomic E-state index is 12.6. The van der Waals surface area contributed by atoms with Crippen molar-refractivity contribution in [2.75, 3.05) is 12.9 Å². The molecule has 1 N–H and O–H groups in total. The van der Waals surface area contributed by atoms with Crippen LogP contribution in [-0.2, 0) is 26.1 Å². The van der Waals surface area contributed by atoms with Crippen molar-refractivity contribution in [1.82, 2.24) is 9.29 Å². The summed E-state index contributed by atoms with van der Waals surface area (Å²) in [6.45, 7) is 1.98. The summed E-state index contributed by atoms with van der Waals surface area (Å²) in [5.41, 5.74) is 1.11. The standard InChI is InChI=1S/C22H20N2O5S/c1-3-29-22(26)21-18(13-14-20(25)23-15-16-9-5-4-6-10-16)17-11-7-8-12-19(17)24(21)30(2,27)28/h4-12H,3,15H2,1-2H3,(H,23,25). The quantitative estimate of drug-likeness (QED) is 0.501. The molecule has 3 rings (SSSR count). The van der Waals surface area contributed by atoms with Gasteiger partial charge in [-0.3, -0.25) is 4.79 Å². The Labute approximate surface area is 174 Å². The first-order valence-corrected chi connectivity index (χ1v) is 11.0. The molecule has 0 radical (unpaired) electrons. The normalized spacial score (nSPS) is 10.9. The molecule has 0 saturated heterocycles. The monoisotopic (exact) mass is 424 g/mol. The van der Waals surface area contributed by atoms with Gasteiger partial charge in [0, 0.05) is 17.9 Å². The summed E-state index contributed by atoms with van der Waals surface area (Å²) in [6.07, 6.45) is 0.992. The number of ether oxygens (including phenoxy) is 1. The Morgan fingerprint density at radius 3 is 2.40 bits per heavy atom. The van der Waals surface area contributed by atoms with Gasteiger partial charge < -0.3 is 10.1 Å². The molecule has 1 amide bonds. The smallest absolute Gasteiger partial charge is 0.357 e. The van der Waals surface area contributed by atoms with E-state index in [1.165, 1.54) is 0 Å². The van der Waals surface area contributed by atoms with Crippen molar-refractivity contribution in [2.24, 2.45) is 0 Å². The summed E-state index contributed by atoms with van der Waals surface area (Å²) in [6, 6.07) is 15.9. The van der Waals surface area contributed by atoms with Crippen molar-refractivity contribution in [1.29, 1.82) is 0 Å². The summed E-state index contributed by atoms with van der Waals surface area (Å²) in [5.74, 6) is 3.75. The van der Waals surface area contributed by atoms with Crippen molar-refractivity contribution in [3.8, 4) is 11.8 Å². The summed E-state index contributed by atoms with van der Waals surface area (Å²) < 4.78 is 30.8. The number of nitrogens with one attached hydrogen (secondary N) is 1. The Bertz CT molecular complexity index is 1270. The van der Waals surface area contributed by atoms with Crippen molar-refractivity contribution >= 4 is 32.8 Å². The number of benzene rings is 2. The maximum atomic E-state index is 12.6. The Morgan fingerprint density at radius 1 is 1.07 bits per heavy atom. The highest BCUT2D eigenvalue weighted by molar-refractivity contribution is 7.89. The molecule has 2 aromatic carbocycles. The number of rotatable bonds is 5. The van der Waals surface area contributed by atoms with Crippen molar-refractivity contribution in [3.05, 3.63) is 71.4 Å². The maximum Gasteiger partial charge on any atom is 0.357 e. The van der Waals surface area contributed by atoms with E-state index in [-0.39, 0.29) is 23.4 Å². The van der Waals surface area contributed by atoms with Gasteiger partial charge in [0.2, 0.25) is 10.0 Å². The van der Waals surface area contributed by atoms with Crippen molar-refractivity contribution in [2.45, 2.75) is 13.5 Å². The zero-order chi connectivity index (χ0) is 21.7. The molecule has 0 aliphatic rings. The van der Waals surface area contributed by atoms with Crippen LogP contribution in [0.1, 0.15) is 28.5 Å². The van der Waals surface area contributed by atoms with E-state index in [1.54, 1.807) is 31.2 Å². The van der Waals surface area contributed by atoms with Crippen LogP contribution in [0.15, 0.2) is 54.6 Å². The summed E-state index contributed by atoms with van der Waals surface area (Å²) in [5, 5.41) is 3.11. The van der Waals surface area contributed by atoms with E-state index in [0.717, 1.165) is 15.8 Å². The zero-order valence-electron chi connectivity index (χ0n) is 16.5. The van der Waals surface area contributed by atoms with E-state index < -0.39 is 21.9 Å². The number of amides is 1. The minimum absolute atomic E-state index is 0.0640. The molecule has 0 bridgehead atoms. The van der Waals surface area contributed by atoms with Crippen molar-refractivity contribution < 1.29 is 22.7 Å². The van der Waals surface area contributed by atoms with Gasteiger partial charge in [-0.05, 0) is 18.6 Å². The van der Waals surface area contributed by atoms with Gasteiger partial charge in [0.15, 0.2) is 5.69 Å². The van der Waals surface area contributed by atoms with Gasteiger partial charge in [0.1, 0.15) is 0 Å². The third-order valence-electron chi connectivity index (χ3n) is 4.23. The van der Waals surface area contributed by atoms with E-state index in [4.69, 9.17) is 4.74 Å². The fraction of sp³-hybridized carbons (Fsp3) is 0.182. The molecule has 3 aromatic rings. The van der Waals surface area contributed by atoms with E-state index in [9.17, 15) is 18.0 Å². The lowest BCUT2D eigenvalue weighted by atomic mass is 10.1. The molecule has 1 heterocycles. The van der Waals surface area contributed by atoms with Crippen LogP contribution in [-0.4, -0.2) is 37.1 Å². The van der Waals surface area contributed by atoms with Crippen LogP contribution in [0.5, 0.6) is 0 Å². The van der Waals surface area contributed by atoms with Gasteiger partial charge in [-0.25, -0.2) is 17.2 Å². The van der Waals surface area contributed by atoms with Crippen LogP contribution in [0.2, 0.25) is 0 Å². The molecular formula is C22H20N2O5S. The van der Waals surface area contributed by atoms with Gasteiger partial charge in [-0.1, -0.05) is 54.5 Å². The lowest BCUT2D eigenvalue weighted by Gasteiger charge is -2.07. The summed E-state index contributed by atoms with van der Waals surface area (Å²) >= 11 is 0. The molecule has 30 heavy (non-hydrogen) atoms. The number of esters is 1. The number of nitrogens with zero attached hydrogens (tertiary/aromatic N) is 1. The topological polar surface area (TPSA) is 94.5 Å². The second-order valence-corrected chi connectivity index (χ2v) is 8.24. The highest BCUT2D eigenvalue weighted by atomic mass is 32.2. The molecule has 1 aromatic heterocycles. The van der Waals surface area contributed by atoms with Gasteiger partial charge in [-0.2, -0.15) is 0 Å². The fourth-order valence-electron chi connectivity index (χ4n) is 3.01. The Morgan fingerprint density at radius 2 is 1.73 bits per heavy atom. The molecule has 0 aliphatic carbocycles. The van der Waals surface area contributed by atoms with Gasteiger partial charge in [0.05, 0.1) is 23.9 Å². The van der Waals surface area contributed by atoms with Crippen molar-refractivity contribution in [3.63, 3.8) is 0 Å². The number of hydrogen-bond acceptors (Lipinski definition) is 5. The second kappa shape index (κ2) is 8.84. The highest BCUT2D eigenvalue weighted by Crippen LogP contribution is 2.27. The average molecular weight is 424 g/mol. The van der Waals surface area contributed by atoms with Crippen LogP contribution in [0.25, 0.3) is 10.9 Å². The van der Waals surface area contributed by atoms with E-state index in [1.807, 2.05) is 30.3 Å². The van der Waals surface area contributed by atoms with Crippen LogP contribution in [0, 0.1) is 11.8 Å². The Balaban J connectivity index is 2.05. The first kappa shape index (κ1) is 21.1. The number of aromatic nitrogens is 1. The van der Waals surface area contributed by atoms with E-state index >= 15 is 0 Å². The second-order valence-electron chi connectivity index (χ2n) is 6.41. The first-order valence-electron chi connectivity index (χ1n) is 9.17. The predicted octanol–water partition coefficient (Wildman–Crippen LogP) is 2.29. The minimum atomic E-state index is -3.84. The number of para-hydroxylation sites is 1. The fourth-order valence-corrected chi connectivity index (χ4v) is 4.02. The first-order chi connectivity index (χ1) is 14.3. The van der Waals surface area contributed by atoms with Crippen LogP contribution in [0.4, 0.5) is 0 Å². The minimum Gasteiger partial charge on any atom is -0.461 e. The lowest BCUT2D eigenvalue weighted by molar-refractivity contribution is -0.115. The SMILES string of the molecule is CCOC(=O)c1c(C#CC(=O)NCc2ccccc2)c2ccccc2n1S(C)(=O)=O. The van der Waals surface area contributed by atoms with E-state index in [2.05, 4.69) is 17.2 Å². The van der Waals surface area contributed by atoms with Crippen LogP contribution >= 0.6 is 0 Å². The molecule has 7 nitrogen and oxygen atoms in total. The Kier molecular flexibility index (Phi) is 6.23. The molecular weight excluding hydrogens is 404 g/mol. The average Bonchev–Trinajstić information content (AvgIpc) is 3.06. The van der Waals surface area contributed by atoms with E-state index in [0.29, 0.717) is 11.9 Å². The zero-order valence-corrected chi connectivity index (χ0v) is 17.3. The molecule has 0 saturated carbocycles. The van der Waals surface area contributed by atoms with Gasteiger partial charge in [-0.15, -0.1) is 0 Å². The van der Waals surface area contributed by atoms with Crippen LogP contribution in [0.3, 0.4) is 0 Å². The number of carbonyl (C=O) groups excluding carboxylic acids is 2. The number of carbonyl (C=O) groups is 2. The molecule has 0 fully saturated rings. The third kappa shape index (κ3) is 4.53. The predicted molar refractivity (Wildman–Crippen MR) is 113 cm³/mol. The number of hydrogen-bond donors (Lipinski definition) is 1. The van der Waals surface area contributed by atoms with Crippen LogP contribution < -0.4 is 5.32 Å². The molecule has 8 heteroatoms. The van der Waals surface area contributed by atoms with Gasteiger partial charge in [0.25, 0.3) is 5.91 Å². The van der Waals surface area contributed by atoms with Gasteiger partial charge >= 0.3 is 5.97 Å². The number of fused-ring (bicyclic) bond motifs is 1.